The van der Waals surface area contributed by atoms with Gasteiger partial charge in [-0.1, -0.05) is 6.07 Å². The molecule has 1 heterocycles. The summed E-state index contributed by atoms with van der Waals surface area (Å²) in [7, 11) is 1.60. The number of aliphatic hydroxyl groups is 1. The van der Waals surface area contributed by atoms with E-state index in [-0.39, 0.29) is 18.0 Å². The zero-order chi connectivity index (χ0) is 17.8. The third-order valence-corrected chi connectivity index (χ3v) is 4.81. The molecule has 1 saturated heterocycles. The number of aliphatic hydroxyl groups excluding tert-OH is 1. The molecule has 25 heavy (non-hydrogen) atoms. The van der Waals surface area contributed by atoms with Gasteiger partial charge in [0.1, 0.15) is 23.7 Å². The number of methoxy groups -OCH3 is 1. The lowest BCUT2D eigenvalue weighted by molar-refractivity contribution is -0.120. The Morgan fingerprint density at radius 1 is 1.32 bits per heavy atom. The van der Waals surface area contributed by atoms with E-state index in [1.165, 1.54) is 6.92 Å². The van der Waals surface area contributed by atoms with Gasteiger partial charge in [0.15, 0.2) is 0 Å². The number of benzene rings is 1. The molecule has 1 aromatic carbocycles. The Morgan fingerprint density at radius 3 is 2.72 bits per heavy atom. The van der Waals surface area contributed by atoms with Crippen molar-refractivity contribution in [3.63, 3.8) is 0 Å². The van der Waals surface area contributed by atoms with E-state index in [0.717, 1.165) is 13.1 Å². The van der Waals surface area contributed by atoms with E-state index in [1.54, 1.807) is 13.2 Å². The van der Waals surface area contributed by atoms with Gasteiger partial charge in [-0.15, -0.1) is 0 Å². The van der Waals surface area contributed by atoms with Crippen molar-refractivity contribution < 1.29 is 24.1 Å². The average molecular weight is 350 g/mol. The Hall–Kier alpha value is -1.83. The molecule has 2 aliphatic rings. The van der Waals surface area contributed by atoms with Crippen LogP contribution in [0.4, 0.5) is 0 Å². The molecule has 1 aliphatic carbocycles. The number of hydrogen-bond donors (Lipinski definition) is 2. The van der Waals surface area contributed by atoms with Gasteiger partial charge >= 0.3 is 0 Å². The lowest BCUT2D eigenvalue weighted by Crippen LogP contribution is -2.56. The van der Waals surface area contributed by atoms with Crippen LogP contribution in [0.25, 0.3) is 0 Å². The Balaban J connectivity index is 1.74. The number of nitrogens with one attached hydrogen (secondary N) is 1. The van der Waals surface area contributed by atoms with Gasteiger partial charge < -0.3 is 24.6 Å². The van der Waals surface area contributed by atoms with E-state index >= 15 is 0 Å². The Labute approximate surface area is 147 Å². The highest BCUT2D eigenvalue weighted by Gasteiger charge is 2.47. The molecule has 2 N–H and O–H groups in total. The second-order valence-electron chi connectivity index (χ2n) is 6.51. The molecule has 138 valence electrons. The van der Waals surface area contributed by atoms with E-state index in [4.69, 9.17) is 14.2 Å². The van der Waals surface area contributed by atoms with Crippen molar-refractivity contribution in [2.24, 2.45) is 0 Å². The topological polar surface area (TPSA) is 80.3 Å². The molecule has 2 fully saturated rings. The number of carbonyl (C=O) groups is 1. The van der Waals surface area contributed by atoms with E-state index in [2.05, 4.69) is 10.2 Å². The van der Waals surface area contributed by atoms with Crippen molar-refractivity contribution in [1.82, 2.24) is 10.2 Å². The van der Waals surface area contributed by atoms with Crippen molar-refractivity contribution in [1.29, 1.82) is 0 Å². The molecule has 1 aromatic rings. The summed E-state index contributed by atoms with van der Waals surface area (Å²) in [5, 5.41) is 13.9. The highest BCUT2D eigenvalue weighted by molar-refractivity contribution is 5.73. The molecule has 0 radical (unpaired) electrons. The van der Waals surface area contributed by atoms with Crippen LogP contribution in [-0.4, -0.2) is 73.6 Å². The normalized spacial score (nSPS) is 30.0. The second-order valence-corrected chi connectivity index (χ2v) is 6.51. The molecule has 0 aromatic heterocycles. The van der Waals surface area contributed by atoms with E-state index < -0.39 is 12.2 Å². The number of carbonyl (C=O) groups excluding carboxylic acids is 1. The molecule has 7 heteroatoms. The summed E-state index contributed by atoms with van der Waals surface area (Å²) in [6.07, 6.45) is -0.530. The fourth-order valence-corrected chi connectivity index (χ4v) is 3.71. The molecule has 1 aliphatic heterocycles. The first-order valence-corrected chi connectivity index (χ1v) is 8.66. The predicted octanol–water partition coefficient (Wildman–Crippen LogP) is 0.413. The average Bonchev–Trinajstić information content (AvgIpc) is 2.90. The van der Waals surface area contributed by atoms with Gasteiger partial charge in [0, 0.05) is 32.5 Å². The van der Waals surface area contributed by atoms with E-state index in [9.17, 15) is 9.90 Å². The standard InChI is InChI=1S/C18H26N2O5/c1-12(21)19-15-11-16(25-14-5-3-4-13(10-14)23-2)18(22)17(15)20-6-8-24-9-7-20/h3-5,10,15-18,22H,6-9,11H2,1-2H3,(H,19,21)/t15-,16-,17+,18+/m1/s1. The van der Waals surface area contributed by atoms with Gasteiger partial charge in [-0.25, -0.2) is 0 Å². The van der Waals surface area contributed by atoms with Gasteiger partial charge in [-0.2, -0.15) is 0 Å². The number of ether oxygens (including phenoxy) is 3. The number of amides is 1. The molecular weight excluding hydrogens is 324 g/mol. The second kappa shape index (κ2) is 8.03. The molecule has 0 bridgehead atoms. The first-order chi connectivity index (χ1) is 12.1. The molecule has 3 rings (SSSR count). The minimum atomic E-state index is -0.693. The SMILES string of the molecule is COc1cccc(O[C@@H]2C[C@@H](NC(C)=O)[C@H](N3CCOCC3)[C@H]2O)c1. The van der Waals surface area contributed by atoms with Crippen LogP contribution in [0.15, 0.2) is 24.3 Å². The van der Waals surface area contributed by atoms with Gasteiger partial charge in [-0.05, 0) is 12.1 Å². The smallest absolute Gasteiger partial charge is 0.217 e. The maximum Gasteiger partial charge on any atom is 0.217 e. The third-order valence-electron chi connectivity index (χ3n) is 4.81. The van der Waals surface area contributed by atoms with Gasteiger partial charge in [0.05, 0.1) is 32.4 Å². The molecule has 1 saturated carbocycles. The van der Waals surface area contributed by atoms with Crippen molar-refractivity contribution in [3.8, 4) is 11.5 Å². The fourth-order valence-electron chi connectivity index (χ4n) is 3.71. The van der Waals surface area contributed by atoms with Crippen molar-refractivity contribution in [2.45, 2.75) is 37.6 Å². The van der Waals surface area contributed by atoms with Crippen LogP contribution in [0.3, 0.4) is 0 Å². The summed E-state index contributed by atoms with van der Waals surface area (Å²) in [4.78, 5) is 13.8. The Kier molecular flexibility index (Phi) is 5.78. The van der Waals surface area contributed by atoms with E-state index in [1.807, 2.05) is 18.2 Å². The first-order valence-electron chi connectivity index (χ1n) is 8.66. The number of hydrogen-bond acceptors (Lipinski definition) is 6. The Morgan fingerprint density at radius 2 is 2.04 bits per heavy atom. The summed E-state index contributed by atoms with van der Waals surface area (Å²) in [6, 6.07) is 6.99. The van der Waals surface area contributed by atoms with Crippen LogP contribution in [0.2, 0.25) is 0 Å². The Bertz CT molecular complexity index is 591. The van der Waals surface area contributed by atoms with Gasteiger partial charge in [0.2, 0.25) is 5.91 Å². The summed E-state index contributed by atoms with van der Waals surface area (Å²) in [5.74, 6) is 1.25. The maximum absolute atomic E-state index is 11.6. The highest BCUT2D eigenvalue weighted by atomic mass is 16.5. The van der Waals surface area contributed by atoms with Crippen molar-refractivity contribution >= 4 is 5.91 Å². The quantitative estimate of drug-likeness (QED) is 0.801. The minimum absolute atomic E-state index is 0.0995. The monoisotopic (exact) mass is 350 g/mol. The number of rotatable bonds is 5. The van der Waals surface area contributed by atoms with Crippen LogP contribution in [0.5, 0.6) is 11.5 Å². The number of morpholine rings is 1. The zero-order valence-corrected chi connectivity index (χ0v) is 14.7. The lowest BCUT2D eigenvalue weighted by atomic mass is 10.1. The molecule has 4 atom stereocenters. The number of nitrogens with zero attached hydrogens (tertiary/aromatic N) is 1. The minimum Gasteiger partial charge on any atom is -0.497 e. The third kappa shape index (κ3) is 4.23. The maximum atomic E-state index is 11.6. The molecular formula is C18H26N2O5. The van der Waals surface area contributed by atoms with Crippen LogP contribution in [0, 0.1) is 0 Å². The summed E-state index contributed by atoms with van der Waals surface area (Å²) >= 11 is 0. The first kappa shape index (κ1) is 18.0. The van der Waals surface area contributed by atoms with Gasteiger partial charge in [0.25, 0.3) is 0 Å². The summed E-state index contributed by atoms with van der Waals surface area (Å²) in [6.45, 7) is 4.25. The zero-order valence-electron chi connectivity index (χ0n) is 14.7. The lowest BCUT2D eigenvalue weighted by Gasteiger charge is -2.37. The summed E-state index contributed by atoms with van der Waals surface area (Å²) < 4.78 is 16.6. The molecule has 0 unspecified atom stereocenters. The van der Waals surface area contributed by atoms with Crippen molar-refractivity contribution in [2.75, 3.05) is 33.4 Å². The molecule has 1 amide bonds. The van der Waals surface area contributed by atoms with Crippen molar-refractivity contribution in [3.05, 3.63) is 24.3 Å². The van der Waals surface area contributed by atoms with Crippen LogP contribution >= 0.6 is 0 Å². The van der Waals surface area contributed by atoms with Crippen LogP contribution in [0.1, 0.15) is 13.3 Å². The molecule has 7 nitrogen and oxygen atoms in total. The van der Waals surface area contributed by atoms with Crippen LogP contribution in [-0.2, 0) is 9.53 Å². The largest absolute Gasteiger partial charge is 0.497 e. The van der Waals surface area contributed by atoms with Gasteiger partial charge in [-0.3, -0.25) is 9.69 Å². The van der Waals surface area contributed by atoms with E-state index in [0.29, 0.717) is 31.1 Å². The predicted molar refractivity (Wildman–Crippen MR) is 91.8 cm³/mol. The highest BCUT2D eigenvalue weighted by Crippen LogP contribution is 2.31. The summed E-state index contributed by atoms with van der Waals surface area (Å²) in [5.41, 5.74) is 0. The fraction of sp³-hybridized carbons (Fsp3) is 0.611. The van der Waals surface area contributed by atoms with Crippen LogP contribution < -0.4 is 14.8 Å². The molecule has 0 spiro atoms.